The van der Waals surface area contributed by atoms with Gasteiger partial charge in [-0.25, -0.2) is 4.79 Å². The van der Waals surface area contributed by atoms with Gasteiger partial charge in [-0.05, 0) is 24.6 Å². The van der Waals surface area contributed by atoms with Crippen molar-refractivity contribution in [2.75, 3.05) is 13.2 Å². The van der Waals surface area contributed by atoms with Crippen molar-refractivity contribution in [1.82, 2.24) is 0 Å². The van der Waals surface area contributed by atoms with E-state index in [2.05, 4.69) is 15.9 Å². The van der Waals surface area contributed by atoms with Crippen LogP contribution in [0.3, 0.4) is 0 Å². The minimum atomic E-state index is -1.09. The van der Waals surface area contributed by atoms with Crippen LogP contribution in [0.2, 0.25) is 0 Å². The van der Waals surface area contributed by atoms with Crippen molar-refractivity contribution in [2.45, 2.75) is 18.9 Å². The van der Waals surface area contributed by atoms with Gasteiger partial charge in [0, 0.05) is 20.5 Å². The van der Waals surface area contributed by atoms with Crippen molar-refractivity contribution in [3.05, 3.63) is 116 Å². The van der Waals surface area contributed by atoms with Gasteiger partial charge in [-0.15, -0.1) is 0 Å². The molecule has 0 fully saturated rings. The van der Waals surface area contributed by atoms with Crippen LogP contribution in [0.5, 0.6) is 0 Å². The van der Waals surface area contributed by atoms with Crippen molar-refractivity contribution < 1.29 is 14.5 Å². The summed E-state index contributed by atoms with van der Waals surface area (Å²) in [5.41, 5.74) is 2.84. The fourth-order valence-corrected chi connectivity index (χ4v) is 3.70. The van der Waals surface area contributed by atoms with Gasteiger partial charge in [0.25, 0.3) is 0 Å². The molecule has 0 saturated heterocycles. The van der Waals surface area contributed by atoms with E-state index >= 15 is 0 Å². The molecule has 164 valence electrons. The average Bonchev–Trinajstić information content (AvgIpc) is 2.80. The smallest absolute Gasteiger partial charge is 0.331 e. The number of hydrogen-bond donors (Lipinski definition) is 0. The lowest BCUT2D eigenvalue weighted by atomic mass is 9.91. The van der Waals surface area contributed by atoms with Gasteiger partial charge in [0.2, 0.25) is 6.54 Å². The highest BCUT2D eigenvalue weighted by molar-refractivity contribution is 9.10. The number of rotatable bonds is 9. The van der Waals surface area contributed by atoms with E-state index in [4.69, 9.17) is 9.73 Å². The molecule has 0 heterocycles. The second-order valence-corrected chi connectivity index (χ2v) is 8.00. The fourth-order valence-electron chi connectivity index (χ4n) is 3.44. The van der Waals surface area contributed by atoms with E-state index < -0.39 is 29.4 Å². The Hall–Kier alpha value is -3.32. The molecule has 0 aromatic heterocycles. The maximum atomic E-state index is 13.0. The van der Waals surface area contributed by atoms with Crippen LogP contribution in [0, 0.1) is 10.1 Å². The van der Waals surface area contributed by atoms with Crippen molar-refractivity contribution in [3.63, 3.8) is 0 Å². The maximum absolute atomic E-state index is 13.0. The normalized spacial score (nSPS) is 12.4. The van der Waals surface area contributed by atoms with Gasteiger partial charge in [-0.1, -0.05) is 88.7 Å². The zero-order valence-electron chi connectivity index (χ0n) is 17.6. The lowest BCUT2D eigenvalue weighted by Crippen LogP contribution is -2.34. The monoisotopic (exact) mass is 494 g/mol. The highest BCUT2D eigenvalue weighted by atomic mass is 79.9. The highest BCUT2D eigenvalue weighted by Gasteiger charge is 2.35. The standard InChI is InChI=1S/C25H23BrN2O4/c1-2-32-25(29)24(22(17-28(30)31)18-13-15-21(26)16-14-18)27-23(19-9-5-3-6-10-19)20-11-7-4-8-12-20/h3-16,22,24H,2,17H2,1H3/t22-,24-/m0/s1. The van der Waals surface area contributed by atoms with E-state index in [1.165, 1.54) is 0 Å². The van der Waals surface area contributed by atoms with Crippen LogP contribution in [0.25, 0.3) is 0 Å². The van der Waals surface area contributed by atoms with E-state index in [1.54, 1.807) is 31.2 Å². The molecule has 3 rings (SSSR count). The number of carbonyl (C=O) groups is 1. The summed E-state index contributed by atoms with van der Waals surface area (Å²) in [4.78, 5) is 29.0. The first kappa shape index (κ1) is 23.3. The molecule has 0 bridgehead atoms. The predicted molar refractivity (Wildman–Crippen MR) is 128 cm³/mol. The van der Waals surface area contributed by atoms with Crippen LogP contribution in [-0.2, 0) is 9.53 Å². The number of ether oxygens (including phenoxy) is 1. The molecule has 0 unspecified atom stereocenters. The first-order chi connectivity index (χ1) is 15.5. The molecule has 3 aromatic carbocycles. The van der Waals surface area contributed by atoms with E-state index in [0.717, 1.165) is 15.6 Å². The third-order valence-electron chi connectivity index (χ3n) is 4.92. The molecule has 0 radical (unpaired) electrons. The summed E-state index contributed by atoms with van der Waals surface area (Å²) in [5.74, 6) is -1.38. The zero-order chi connectivity index (χ0) is 22.9. The van der Waals surface area contributed by atoms with E-state index in [1.807, 2.05) is 60.7 Å². The van der Waals surface area contributed by atoms with Crippen LogP contribution in [0.15, 0.2) is 94.4 Å². The van der Waals surface area contributed by atoms with Gasteiger partial charge in [-0.2, -0.15) is 0 Å². The molecule has 0 spiro atoms. The van der Waals surface area contributed by atoms with Gasteiger partial charge in [-0.3, -0.25) is 15.1 Å². The highest BCUT2D eigenvalue weighted by Crippen LogP contribution is 2.27. The third kappa shape index (κ3) is 6.11. The molecule has 0 N–H and O–H groups in total. The third-order valence-corrected chi connectivity index (χ3v) is 5.44. The number of benzene rings is 3. The quantitative estimate of drug-likeness (QED) is 0.175. The van der Waals surface area contributed by atoms with Crippen molar-refractivity contribution in [3.8, 4) is 0 Å². The predicted octanol–water partition coefficient (Wildman–Crippen LogP) is 5.28. The fraction of sp³-hybridized carbons (Fsp3) is 0.200. The number of halogens is 1. The van der Waals surface area contributed by atoms with Crippen LogP contribution in [-0.4, -0.2) is 35.8 Å². The van der Waals surface area contributed by atoms with Crippen molar-refractivity contribution >= 4 is 27.6 Å². The van der Waals surface area contributed by atoms with Gasteiger partial charge in [0.05, 0.1) is 18.2 Å². The second-order valence-electron chi connectivity index (χ2n) is 7.08. The summed E-state index contributed by atoms with van der Waals surface area (Å²) >= 11 is 3.38. The zero-order valence-corrected chi connectivity index (χ0v) is 19.1. The number of hydrogen-bond acceptors (Lipinski definition) is 5. The summed E-state index contributed by atoms with van der Waals surface area (Å²) in [6.07, 6.45) is 0. The Labute approximate surface area is 195 Å². The summed E-state index contributed by atoms with van der Waals surface area (Å²) in [5, 5.41) is 11.6. The Morgan fingerprint density at radius 3 is 1.97 bits per heavy atom. The number of nitrogens with zero attached hydrogens (tertiary/aromatic N) is 2. The van der Waals surface area contributed by atoms with Gasteiger partial charge in [0.1, 0.15) is 0 Å². The molecule has 0 aliphatic rings. The minimum absolute atomic E-state index is 0.155. The Bertz CT molecular complexity index is 1030. The number of nitro groups is 1. The Morgan fingerprint density at radius 1 is 0.969 bits per heavy atom. The van der Waals surface area contributed by atoms with E-state index in [9.17, 15) is 14.9 Å². The lowest BCUT2D eigenvalue weighted by molar-refractivity contribution is -0.483. The van der Waals surface area contributed by atoms with E-state index in [0.29, 0.717) is 11.3 Å². The Kier molecular flexibility index (Phi) is 8.27. The maximum Gasteiger partial charge on any atom is 0.331 e. The molecule has 0 aliphatic heterocycles. The molecule has 3 aromatic rings. The summed E-state index contributed by atoms with van der Waals surface area (Å²) in [6.45, 7) is 1.41. The summed E-state index contributed by atoms with van der Waals surface area (Å²) < 4.78 is 6.15. The Morgan fingerprint density at radius 2 is 1.50 bits per heavy atom. The number of esters is 1. The van der Waals surface area contributed by atoms with Gasteiger partial charge >= 0.3 is 5.97 Å². The molecule has 6 nitrogen and oxygen atoms in total. The largest absolute Gasteiger partial charge is 0.464 e. The second kappa shape index (κ2) is 11.3. The average molecular weight is 495 g/mol. The van der Waals surface area contributed by atoms with Crippen LogP contribution in [0.4, 0.5) is 0 Å². The number of carbonyl (C=O) groups excluding carboxylic acids is 1. The summed E-state index contributed by atoms with van der Waals surface area (Å²) in [7, 11) is 0. The van der Waals surface area contributed by atoms with Crippen molar-refractivity contribution in [1.29, 1.82) is 0 Å². The Balaban J connectivity index is 2.18. The summed E-state index contributed by atoms with van der Waals surface area (Å²) in [6, 6.07) is 25.0. The molecule has 7 heteroatoms. The molecule has 0 saturated carbocycles. The van der Waals surface area contributed by atoms with Crippen molar-refractivity contribution in [2.24, 2.45) is 4.99 Å². The van der Waals surface area contributed by atoms with Gasteiger partial charge in [0.15, 0.2) is 6.04 Å². The first-order valence-electron chi connectivity index (χ1n) is 10.2. The molecule has 0 aliphatic carbocycles. The first-order valence-corrected chi connectivity index (χ1v) is 11.0. The topological polar surface area (TPSA) is 81.8 Å². The van der Waals surface area contributed by atoms with Crippen LogP contribution in [0.1, 0.15) is 29.5 Å². The molecule has 32 heavy (non-hydrogen) atoms. The molecule has 0 amide bonds. The molecule has 2 atom stereocenters. The number of aliphatic imine (C=N–C) groups is 1. The van der Waals surface area contributed by atoms with Gasteiger partial charge < -0.3 is 4.74 Å². The molecular weight excluding hydrogens is 472 g/mol. The SMILES string of the molecule is CCOC(=O)[C@@H](N=C(c1ccccc1)c1ccccc1)[C@@H](C[N+](=O)[O-])c1ccc(Br)cc1. The molecular formula is C25H23BrN2O4. The van der Waals surface area contributed by atoms with E-state index in [-0.39, 0.29) is 6.61 Å². The van der Waals surface area contributed by atoms with Crippen LogP contribution < -0.4 is 0 Å². The minimum Gasteiger partial charge on any atom is -0.464 e. The lowest BCUT2D eigenvalue weighted by Gasteiger charge is -2.22. The van der Waals surface area contributed by atoms with Crippen LogP contribution >= 0.6 is 15.9 Å².